The first-order valence-corrected chi connectivity index (χ1v) is 3.77. The van der Waals surface area contributed by atoms with E-state index in [4.69, 9.17) is 0 Å². The van der Waals surface area contributed by atoms with E-state index in [0.717, 1.165) is 12.8 Å². The Bertz CT molecular complexity index is 170. The van der Waals surface area contributed by atoms with Crippen LogP contribution in [0.1, 0.15) is 19.3 Å². The highest BCUT2D eigenvalue weighted by atomic mass is 16.5. The van der Waals surface area contributed by atoms with Gasteiger partial charge in [-0.05, 0) is 12.8 Å². The molecule has 0 aromatic rings. The molecule has 1 saturated carbocycles. The van der Waals surface area contributed by atoms with Crippen molar-refractivity contribution in [2.75, 3.05) is 13.7 Å². The fraction of sp³-hybridized carbons (Fsp3) is 0.750. The summed E-state index contributed by atoms with van der Waals surface area (Å²) in [4.78, 5) is 21.9. The Morgan fingerprint density at radius 3 is 2.55 bits per heavy atom. The molecule has 0 aromatic heterocycles. The molecule has 0 unspecified atom stereocenters. The summed E-state index contributed by atoms with van der Waals surface area (Å²) < 4.78 is 4.60. The van der Waals surface area contributed by atoms with Crippen LogP contribution in [0, 0.1) is 5.92 Å². The predicted octanol–water partition coefficient (Wildman–Crippen LogP) is 0.571. The summed E-state index contributed by atoms with van der Waals surface area (Å²) in [6, 6.07) is 0. The van der Waals surface area contributed by atoms with Crippen molar-refractivity contribution in [1.29, 1.82) is 0 Å². The molecule has 0 saturated heterocycles. The topological polar surface area (TPSA) is 43.4 Å². The molecule has 0 amide bonds. The summed E-state index contributed by atoms with van der Waals surface area (Å²) in [5.74, 6) is 0.173. The van der Waals surface area contributed by atoms with Crippen molar-refractivity contribution >= 4 is 11.6 Å². The molecule has 0 aliphatic heterocycles. The van der Waals surface area contributed by atoms with Crippen molar-refractivity contribution in [2.24, 2.45) is 5.92 Å². The molecular formula is C8H12O3. The fourth-order valence-corrected chi connectivity index (χ4v) is 0.956. The summed E-state index contributed by atoms with van der Waals surface area (Å²) in [5, 5.41) is 0. The number of ketones is 2. The molecule has 0 N–H and O–H groups in total. The summed E-state index contributed by atoms with van der Waals surface area (Å²) in [7, 11) is 1.46. The summed E-state index contributed by atoms with van der Waals surface area (Å²) in [5.41, 5.74) is 0. The number of methoxy groups -OCH3 is 1. The van der Waals surface area contributed by atoms with Crippen molar-refractivity contribution in [3.05, 3.63) is 0 Å². The average Bonchev–Trinajstić information content (AvgIpc) is 2.67. The SMILES string of the molecule is COCC(=O)CC(=O)C1CC1. The smallest absolute Gasteiger partial charge is 0.165 e. The van der Waals surface area contributed by atoms with Gasteiger partial charge in [0.2, 0.25) is 0 Å². The highest BCUT2D eigenvalue weighted by molar-refractivity contribution is 6.01. The van der Waals surface area contributed by atoms with Gasteiger partial charge in [0.05, 0.1) is 6.42 Å². The molecular weight excluding hydrogens is 144 g/mol. The van der Waals surface area contributed by atoms with E-state index in [-0.39, 0.29) is 30.5 Å². The zero-order chi connectivity index (χ0) is 8.27. The lowest BCUT2D eigenvalue weighted by Gasteiger charge is -1.96. The Balaban J connectivity index is 2.17. The number of hydrogen-bond acceptors (Lipinski definition) is 3. The van der Waals surface area contributed by atoms with Gasteiger partial charge in [-0.2, -0.15) is 0 Å². The molecule has 1 aliphatic rings. The molecule has 1 rings (SSSR count). The lowest BCUT2D eigenvalue weighted by Crippen LogP contribution is -2.13. The van der Waals surface area contributed by atoms with Gasteiger partial charge in [-0.3, -0.25) is 9.59 Å². The highest BCUT2D eigenvalue weighted by Crippen LogP contribution is 2.30. The Labute approximate surface area is 65.7 Å². The molecule has 0 bridgehead atoms. The van der Waals surface area contributed by atoms with Gasteiger partial charge < -0.3 is 4.74 Å². The van der Waals surface area contributed by atoms with Crippen LogP contribution in [-0.2, 0) is 14.3 Å². The monoisotopic (exact) mass is 156 g/mol. The van der Waals surface area contributed by atoms with Crippen molar-refractivity contribution in [2.45, 2.75) is 19.3 Å². The molecule has 1 fully saturated rings. The number of ether oxygens (including phenoxy) is 1. The van der Waals surface area contributed by atoms with Gasteiger partial charge in [0.1, 0.15) is 12.4 Å². The molecule has 0 atom stereocenters. The third-order valence-corrected chi connectivity index (χ3v) is 1.71. The quantitative estimate of drug-likeness (QED) is 0.546. The van der Waals surface area contributed by atoms with E-state index in [0.29, 0.717) is 0 Å². The third kappa shape index (κ3) is 2.80. The highest BCUT2D eigenvalue weighted by Gasteiger charge is 2.30. The van der Waals surface area contributed by atoms with Gasteiger partial charge in [-0.1, -0.05) is 0 Å². The zero-order valence-electron chi connectivity index (χ0n) is 6.63. The Hall–Kier alpha value is -0.700. The Morgan fingerprint density at radius 1 is 1.45 bits per heavy atom. The van der Waals surface area contributed by atoms with Crippen LogP contribution in [-0.4, -0.2) is 25.3 Å². The summed E-state index contributed by atoms with van der Waals surface area (Å²) in [6.07, 6.45) is 2.01. The van der Waals surface area contributed by atoms with Gasteiger partial charge in [0, 0.05) is 13.0 Å². The first kappa shape index (κ1) is 8.40. The van der Waals surface area contributed by atoms with Gasteiger partial charge >= 0.3 is 0 Å². The van der Waals surface area contributed by atoms with Crippen LogP contribution < -0.4 is 0 Å². The maximum Gasteiger partial charge on any atom is 0.165 e. The van der Waals surface area contributed by atoms with Gasteiger partial charge in [-0.15, -0.1) is 0 Å². The second kappa shape index (κ2) is 3.62. The van der Waals surface area contributed by atoms with Crippen LogP contribution in [0.3, 0.4) is 0 Å². The predicted molar refractivity (Wildman–Crippen MR) is 39.2 cm³/mol. The first-order chi connectivity index (χ1) is 5.24. The van der Waals surface area contributed by atoms with E-state index in [1.807, 2.05) is 0 Å². The van der Waals surface area contributed by atoms with Gasteiger partial charge in [0.25, 0.3) is 0 Å². The van der Waals surface area contributed by atoms with E-state index in [2.05, 4.69) is 4.74 Å². The van der Waals surface area contributed by atoms with E-state index in [9.17, 15) is 9.59 Å². The third-order valence-electron chi connectivity index (χ3n) is 1.71. The molecule has 3 nitrogen and oxygen atoms in total. The lowest BCUT2D eigenvalue weighted by molar-refractivity contribution is -0.129. The zero-order valence-corrected chi connectivity index (χ0v) is 6.63. The van der Waals surface area contributed by atoms with Crippen molar-refractivity contribution < 1.29 is 14.3 Å². The minimum atomic E-state index is -0.107. The molecule has 0 heterocycles. The van der Waals surface area contributed by atoms with E-state index < -0.39 is 0 Å². The first-order valence-electron chi connectivity index (χ1n) is 3.77. The molecule has 0 aromatic carbocycles. The molecule has 3 heteroatoms. The van der Waals surface area contributed by atoms with Crippen LogP contribution in [0.25, 0.3) is 0 Å². The maximum atomic E-state index is 11.0. The van der Waals surface area contributed by atoms with Crippen molar-refractivity contribution in [1.82, 2.24) is 0 Å². The minimum absolute atomic E-state index is 0.0679. The second-order valence-electron chi connectivity index (χ2n) is 2.89. The molecule has 1 aliphatic carbocycles. The van der Waals surface area contributed by atoms with E-state index in [1.54, 1.807) is 0 Å². The maximum absolute atomic E-state index is 11.0. The normalized spacial score (nSPS) is 16.5. The average molecular weight is 156 g/mol. The van der Waals surface area contributed by atoms with Gasteiger partial charge in [0.15, 0.2) is 5.78 Å². The van der Waals surface area contributed by atoms with Crippen LogP contribution in [0.5, 0.6) is 0 Å². The second-order valence-corrected chi connectivity index (χ2v) is 2.89. The van der Waals surface area contributed by atoms with Crippen LogP contribution in [0.15, 0.2) is 0 Å². The largest absolute Gasteiger partial charge is 0.377 e. The molecule has 62 valence electrons. The van der Waals surface area contributed by atoms with Crippen molar-refractivity contribution in [3.63, 3.8) is 0 Å². The number of carbonyl (C=O) groups is 2. The van der Waals surface area contributed by atoms with E-state index in [1.165, 1.54) is 7.11 Å². The van der Waals surface area contributed by atoms with Gasteiger partial charge in [-0.25, -0.2) is 0 Å². The number of carbonyl (C=O) groups excluding carboxylic acids is 2. The lowest BCUT2D eigenvalue weighted by atomic mass is 10.1. The Kier molecular flexibility index (Phi) is 2.76. The van der Waals surface area contributed by atoms with Crippen LogP contribution in [0.4, 0.5) is 0 Å². The minimum Gasteiger partial charge on any atom is -0.377 e. The summed E-state index contributed by atoms with van der Waals surface area (Å²) >= 11 is 0. The molecule has 0 radical (unpaired) electrons. The summed E-state index contributed by atoms with van der Waals surface area (Å²) in [6.45, 7) is 0.0679. The molecule has 11 heavy (non-hydrogen) atoms. The molecule has 0 spiro atoms. The number of rotatable bonds is 5. The Morgan fingerprint density at radius 2 is 2.09 bits per heavy atom. The van der Waals surface area contributed by atoms with Crippen LogP contribution in [0.2, 0.25) is 0 Å². The van der Waals surface area contributed by atoms with Crippen molar-refractivity contribution in [3.8, 4) is 0 Å². The van der Waals surface area contributed by atoms with E-state index >= 15 is 0 Å². The number of Topliss-reactive ketones (excluding diaryl/α,β-unsaturated/α-hetero) is 2. The number of hydrogen-bond donors (Lipinski definition) is 0. The fourth-order valence-electron chi connectivity index (χ4n) is 0.956. The van der Waals surface area contributed by atoms with Crippen LogP contribution >= 0.6 is 0 Å². The standard InChI is InChI=1S/C8H12O3/c1-11-5-7(9)4-8(10)6-2-3-6/h6H,2-5H2,1H3.